The molecule has 0 radical (unpaired) electrons. The molecule has 2 aromatic rings. The number of anilines is 1. The predicted octanol–water partition coefficient (Wildman–Crippen LogP) is 3.27. The highest BCUT2D eigenvalue weighted by molar-refractivity contribution is 7.80. The molecule has 0 spiro atoms. The molecule has 0 saturated carbocycles. The van der Waals surface area contributed by atoms with E-state index in [1.54, 1.807) is 13.2 Å². The molecular formula is C18H16N2O2S. The fourth-order valence-electron chi connectivity index (χ4n) is 2.45. The van der Waals surface area contributed by atoms with Gasteiger partial charge in [-0.05, 0) is 42.9 Å². The van der Waals surface area contributed by atoms with Gasteiger partial charge in [0.2, 0.25) is 0 Å². The standard InChI is InChI=1S/C18H16N2O2S/c1-12-5-3-6-13(9-12)10-16-17(21)20(18(23)19-16)14-7-4-8-15(11-14)22-2/h3-11H,1-2H3,(H,19,23). The van der Waals surface area contributed by atoms with Crippen molar-refractivity contribution in [3.63, 3.8) is 0 Å². The van der Waals surface area contributed by atoms with E-state index >= 15 is 0 Å². The number of nitrogens with zero attached hydrogens (tertiary/aromatic N) is 1. The van der Waals surface area contributed by atoms with E-state index < -0.39 is 0 Å². The van der Waals surface area contributed by atoms with Gasteiger partial charge in [0.05, 0.1) is 12.8 Å². The molecule has 1 N–H and O–H groups in total. The SMILES string of the molecule is COc1cccc(N2C(=O)C(=Cc3cccc(C)c3)NC2=S)c1. The first kappa shape index (κ1) is 15.2. The summed E-state index contributed by atoms with van der Waals surface area (Å²) in [7, 11) is 1.59. The molecule has 116 valence electrons. The highest BCUT2D eigenvalue weighted by Gasteiger charge is 2.32. The average Bonchev–Trinajstić information content (AvgIpc) is 2.81. The van der Waals surface area contributed by atoms with E-state index in [0.29, 0.717) is 22.2 Å². The number of aryl methyl sites for hydroxylation is 1. The Labute approximate surface area is 140 Å². The lowest BCUT2D eigenvalue weighted by molar-refractivity contribution is -0.113. The number of benzene rings is 2. The van der Waals surface area contributed by atoms with Crippen molar-refractivity contribution < 1.29 is 9.53 Å². The number of hydrogen-bond donors (Lipinski definition) is 1. The van der Waals surface area contributed by atoms with Crippen molar-refractivity contribution in [2.75, 3.05) is 12.0 Å². The van der Waals surface area contributed by atoms with Crippen LogP contribution in [-0.2, 0) is 4.79 Å². The molecule has 0 aromatic heterocycles. The second-order valence-corrected chi connectivity index (χ2v) is 5.63. The molecule has 1 saturated heterocycles. The molecule has 1 aliphatic rings. The lowest BCUT2D eigenvalue weighted by Crippen LogP contribution is -2.30. The number of carbonyl (C=O) groups is 1. The zero-order valence-corrected chi connectivity index (χ0v) is 13.7. The van der Waals surface area contributed by atoms with Crippen LogP contribution in [0.3, 0.4) is 0 Å². The molecule has 1 aliphatic heterocycles. The highest BCUT2D eigenvalue weighted by atomic mass is 32.1. The van der Waals surface area contributed by atoms with Crippen molar-refractivity contribution in [3.8, 4) is 5.75 Å². The smallest absolute Gasteiger partial charge is 0.281 e. The predicted molar refractivity (Wildman–Crippen MR) is 95.4 cm³/mol. The molecule has 0 unspecified atom stereocenters. The van der Waals surface area contributed by atoms with Crippen LogP contribution in [0.25, 0.3) is 6.08 Å². The van der Waals surface area contributed by atoms with Crippen LogP contribution >= 0.6 is 12.2 Å². The van der Waals surface area contributed by atoms with Crippen LogP contribution in [0.5, 0.6) is 5.75 Å². The summed E-state index contributed by atoms with van der Waals surface area (Å²) in [4.78, 5) is 14.1. The van der Waals surface area contributed by atoms with Gasteiger partial charge in [0, 0.05) is 6.07 Å². The molecule has 2 aromatic carbocycles. The second kappa shape index (κ2) is 6.22. The van der Waals surface area contributed by atoms with Gasteiger partial charge in [0.15, 0.2) is 5.11 Å². The molecule has 1 fully saturated rings. The van der Waals surface area contributed by atoms with Crippen LogP contribution in [0, 0.1) is 6.92 Å². The van der Waals surface area contributed by atoms with E-state index in [2.05, 4.69) is 5.32 Å². The van der Waals surface area contributed by atoms with Crippen LogP contribution in [0.4, 0.5) is 5.69 Å². The molecule has 0 bridgehead atoms. The van der Waals surface area contributed by atoms with Gasteiger partial charge in [-0.1, -0.05) is 35.9 Å². The largest absolute Gasteiger partial charge is 0.497 e. The number of hydrogen-bond acceptors (Lipinski definition) is 3. The van der Waals surface area contributed by atoms with Gasteiger partial charge >= 0.3 is 0 Å². The number of carbonyl (C=O) groups excluding carboxylic acids is 1. The molecule has 4 nitrogen and oxygen atoms in total. The third-order valence-electron chi connectivity index (χ3n) is 3.54. The fourth-order valence-corrected chi connectivity index (χ4v) is 2.74. The zero-order valence-electron chi connectivity index (χ0n) is 12.9. The summed E-state index contributed by atoms with van der Waals surface area (Å²) in [5, 5.41) is 3.35. The van der Waals surface area contributed by atoms with Crippen molar-refractivity contribution >= 4 is 35.0 Å². The molecule has 5 heteroatoms. The van der Waals surface area contributed by atoms with Gasteiger partial charge in [-0.25, -0.2) is 0 Å². The van der Waals surface area contributed by atoms with Gasteiger partial charge in [-0.15, -0.1) is 0 Å². The monoisotopic (exact) mass is 324 g/mol. The van der Waals surface area contributed by atoms with Crippen molar-refractivity contribution in [2.24, 2.45) is 0 Å². The topological polar surface area (TPSA) is 41.6 Å². The Balaban J connectivity index is 1.93. The van der Waals surface area contributed by atoms with Gasteiger partial charge < -0.3 is 10.1 Å². The Morgan fingerprint density at radius 2 is 1.96 bits per heavy atom. The van der Waals surface area contributed by atoms with Crippen LogP contribution < -0.4 is 15.0 Å². The van der Waals surface area contributed by atoms with Gasteiger partial charge in [0.25, 0.3) is 5.91 Å². The average molecular weight is 324 g/mol. The number of rotatable bonds is 3. The lowest BCUT2D eigenvalue weighted by atomic mass is 10.1. The Bertz CT molecular complexity index is 814. The van der Waals surface area contributed by atoms with Crippen molar-refractivity contribution in [1.29, 1.82) is 0 Å². The maximum atomic E-state index is 12.7. The van der Waals surface area contributed by atoms with Crippen LogP contribution in [-0.4, -0.2) is 18.1 Å². The highest BCUT2D eigenvalue weighted by Crippen LogP contribution is 2.26. The molecule has 0 aliphatic carbocycles. The lowest BCUT2D eigenvalue weighted by Gasteiger charge is -2.14. The molecule has 3 rings (SSSR count). The molecular weight excluding hydrogens is 308 g/mol. The summed E-state index contributed by atoms with van der Waals surface area (Å²) < 4.78 is 5.20. The van der Waals surface area contributed by atoms with E-state index in [9.17, 15) is 4.79 Å². The Hall–Kier alpha value is -2.66. The minimum Gasteiger partial charge on any atom is -0.497 e. The van der Waals surface area contributed by atoms with Crippen molar-refractivity contribution in [2.45, 2.75) is 6.92 Å². The van der Waals surface area contributed by atoms with Crippen molar-refractivity contribution in [3.05, 3.63) is 65.4 Å². The quantitative estimate of drug-likeness (QED) is 0.695. The maximum Gasteiger partial charge on any atom is 0.281 e. The number of ether oxygens (including phenoxy) is 1. The van der Waals surface area contributed by atoms with E-state index in [1.165, 1.54) is 4.90 Å². The van der Waals surface area contributed by atoms with Crippen LogP contribution in [0.1, 0.15) is 11.1 Å². The zero-order chi connectivity index (χ0) is 16.4. The normalized spacial score (nSPS) is 15.9. The van der Waals surface area contributed by atoms with E-state index in [1.807, 2.05) is 55.5 Å². The maximum absolute atomic E-state index is 12.7. The van der Waals surface area contributed by atoms with Crippen LogP contribution in [0.15, 0.2) is 54.2 Å². The van der Waals surface area contributed by atoms with Crippen LogP contribution in [0.2, 0.25) is 0 Å². The summed E-state index contributed by atoms with van der Waals surface area (Å²) in [6.07, 6.45) is 1.81. The van der Waals surface area contributed by atoms with E-state index in [0.717, 1.165) is 11.1 Å². The summed E-state index contributed by atoms with van der Waals surface area (Å²) >= 11 is 5.31. The third kappa shape index (κ3) is 3.10. The second-order valence-electron chi connectivity index (χ2n) is 5.24. The van der Waals surface area contributed by atoms with Crippen molar-refractivity contribution in [1.82, 2.24) is 5.32 Å². The molecule has 0 atom stereocenters. The molecule has 1 amide bonds. The summed E-state index contributed by atoms with van der Waals surface area (Å²) in [6, 6.07) is 15.2. The van der Waals surface area contributed by atoms with E-state index in [4.69, 9.17) is 17.0 Å². The first-order valence-corrected chi connectivity index (χ1v) is 7.57. The first-order valence-electron chi connectivity index (χ1n) is 7.16. The summed E-state index contributed by atoms with van der Waals surface area (Å²) in [5.41, 5.74) is 3.23. The Kier molecular flexibility index (Phi) is 4.12. The third-order valence-corrected chi connectivity index (χ3v) is 3.83. The number of amides is 1. The van der Waals surface area contributed by atoms with Gasteiger partial charge in [-0.2, -0.15) is 0 Å². The van der Waals surface area contributed by atoms with E-state index in [-0.39, 0.29) is 5.91 Å². The Morgan fingerprint density at radius 3 is 2.70 bits per heavy atom. The summed E-state index contributed by atoms with van der Waals surface area (Å²) in [6.45, 7) is 2.01. The van der Waals surface area contributed by atoms with Gasteiger partial charge in [0.1, 0.15) is 11.4 Å². The molecule has 23 heavy (non-hydrogen) atoms. The number of methoxy groups -OCH3 is 1. The van der Waals surface area contributed by atoms with Gasteiger partial charge in [-0.3, -0.25) is 9.69 Å². The number of nitrogens with one attached hydrogen (secondary N) is 1. The molecule has 1 heterocycles. The fraction of sp³-hybridized carbons (Fsp3) is 0.111. The minimum absolute atomic E-state index is 0.176. The minimum atomic E-state index is -0.176. The number of thiocarbonyl (C=S) groups is 1. The summed E-state index contributed by atoms with van der Waals surface area (Å²) in [5.74, 6) is 0.499. The Morgan fingerprint density at radius 1 is 1.17 bits per heavy atom. The first-order chi connectivity index (χ1) is 11.1.